The molecule has 0 aromatic rings. The van der Waals surface area contributed by atoms with Crippen molar-refractivity contribution in [2.75, 3.05) is 13.1 Å². The minimum atomic E-state index is -4.52. The molecular weight excluding hydrogens is 264 g/mol. The second kappa shape index (κ2) is 7.82. The molecule has 0 aliphatic rings. The minimum Gasteiger partial charge on any atom is -0.329 e. The standard InChI is InChI=1S/C6H6F4O4.C2H8N2/c1-5(2,3(11)13-9)6(7,8)4(12)14-10;3-1-2-4/h1-2H3;1-4H2. The van der Waals surface area contributed by atoms with Crippen LogP contribution in [0.1, 0.15) is 13.8 Å². The lowest BCUT2D eigenvalue weighted by molar-refractivity contribution is -0.240. The molecule has 0 aromatic carbocycles. The molecule has 0 spiro atoms. The van der Waals surface area contributed by atoms with Crippen LogP contribution in [-0.4, -0.2) is 31.0 Å². The first kappa shape index (κ1) is 18.9. The minimum absolute atomic E-state index is 0.506. The van der Waals surface area contributed by atoms with E-state index >= 15 is 0 Å². The van der Waals surface area contributed by atoms with Gasteiger partial charge in [-0.1, -0.05) is 0 Å². The Morgan fingerprint density at radius 2 is 1.33 bits per heavy atom. The van der Waals surface area contributed by atoms with E-state index in [2.05, 4.69) is 9.88 Å². The van der Waals surface area contributed by atoms with Crippen LogP contribution >= 0.6 is 0 Å². The summed E-state index contributed by atoms with van der Waals surface area (Å²) < 4.78 is 48.3. The van der Waals surface area contributed by atoms with Crippen molar-refractivity contribution in [2.45, 2.75) is 19.8 Å². The topological polar surface area (TPSA) is 105 Å². The fourth-order valence-electron chi connectivity index (χ4n) is 0.528. The first-order valence-corrected chi connectivity index (χ1v) is 4.57. The molecule has 0 aliphatic heterocycles. The number of carbonyl (C=O) groups is 2. The third kappa shape index (κ3) is 4.45. The number of nitrogens with two attached hydrogens (primary N) is 2. The summed E-state index contributed by atoms with van der Waals surface area (Å²) in [5, 5.41) is 0. The second-order valence-corrected chi connectivity index (χ2v) is 3.51. The number of carbonyl (C=O) groups excluding carboxylic acids is 2. The highest BCUT2D eigenvalue weighted by atomic mass is 19.3. The predicted molar refractivity (Wildman–Crippen MR) is 51.2 cm³/mol. The maximum atomic E-state index is 12.9. The molecule has 0 saturated carbocycles. The van der Waals surface area contributed by atoms with Gasteiger partial charge in [0.05, 0.1) is 0 Å². The summed E-state index contributed by atoms with van der Waals surface area (Å²) in [6, 6.07) is 0. The van der Waals surface area contributed by atoms with E-state index in [4.69, 9.17) is 11.5 Å². The molecule has 6 nitrogen and oxygen atoms in total. The molecule has 0 heterocycles. The molecule has 0 atom stereocenters. The first-order chi connectivity index (χ1) is 8.13. The predicted octanol–water partition coefficient (Wildman–Crippen LogP) is 0.407. The van der Waals surface area contributed by atoms with E-state index < -0.39 is 23.3 Å². The highest BCUT2D eigenvalue weighted by molar-refractivity contribution is 5.88. The van der Waals surface area contributed by atoms with Crippen molar-refractivity contribution in [3.8, 4) is 0 Å². The monoisotopic (exact) mass is 278 g/mol. The maximum absolute atomic E-state index is 12.9. The van der Waals surface area contributed by atoms with Gasteiger partial charge in [0.2, 0.25) is 0 Å². The van der Waals surface area contributed by atoms with Crippen molar-refractivity contribution >= 4 is 11.9 Å². The van der Waals surface area contributed by atoms with E-state index in [1.807, 2.05) is 0 Å². The van der Waals surface area contributed by atoms with Gasteiger partial charge < -0.3 is 11.5 Å². The Morgan fingerprint density at radius 3 is 1.56 bits per heavy atom. The van der Waals surface area contributed by atoms with Crippen LogP contribution in [0.2, 0.25) is 0 Å². The number of rotatable bonds is 4. The van der Waals surface area contributed by atoms with Gasteiger partial charge in [-0.3, -0.25) is 4.94 Å². The zero-order valence-electron chi connectivity index (χ0n) is 9.71. The average Bonchev–Trinajstić information content (AvgIpc) is 2.36. The average molecular weight is 278 g/mol. The van der Waals surface area contributed by atoms with Crippen LogP contribution in [0.3, 0.4) is 0 Å². The Bertz CT molecular complexity index is 258. The van der Waals surface area contributed by atoms with Crippen molar-refractivity contribution in [1.82, 2.24) is 0 Å². The van der Waals surface area contributed by atoms with E-state index in [1.54, 1.807) is 0 Å². The molecule has 18 heavy (non-hydrogen) atoms. The summed E-state index contributed by atoms with van der Waals surface area (Å²) in [5.74, 6) is -9.12. The molecule has 0 rings (SSSR count). The van der Waals surface area contributed by atoms with Crippen LogP contribution in [0.15, 0.2) is 0 Å². The molecule has 0 aromatic heterocycles. The summed E-state index contributed by atoms with van der Waals surface area (Å²) in [6.07, 6.45) is 0. The van der Waals surface area contributed by atoms with Gasteiger partial charge in [0.25, 0.3) is 0 Å². The highest BCUT2D eigenvalue weighted by Crippen LogP contribution is 2.38. The number of hydrogen-bond donors (Lipinski definition) is 2. The van der Waals surface area contributed by atoms with Crippen molar-refractivity contribution in [3.05, 3.63) is 0 Å². The largest absolute Gasteiger partial charge is 0.418 e. The molecule has 0 unspecified atom stereocenters. The van der Waals surface area contributed by atoms with Crippen molar-refractivity contribution in [3.63, 3.8) is 0 Å². The first-order valence-electron chi connectivity index (χ1n) is 4.57. The van der Waals surface area contributed by atoms with Gasteiger partial charge >= 0.3 is 17.9 Å². The van der Waals surface area contributed by atoms with Crippen molar-refractivity contribution in [1.29, 1.82) is 0 Å². The highest BCUT2D eigenvalue weighted by Gasteiger charge is 2.61. The van der Waals surface area contributed by atoms with Crippen molar-refractivity contribution < 1.29 is 37.3 Å². The third-order valence-corrected chi connectivity index (χ3v) is 1.86. The van der Waals surface area contributed by atoms with Crippen LogP contribution in [0, 0.1) is 5.41 Å². The van der Waals surface area contributed by atoms with Gasteiger partial charge in [0, 0.05) is 22.1 Å². The molecule has 4 N–H and O–H groups in total. The summed E-state index contributed by atoms with van der Waals surface area (Å²) in [4.78, 5) is 25.5. The van der Waals surface area contributed by atoms with Gasteiger partial charge in [-0.2, -0.15) is 8.78 Å². The molecule has 108 valence electrons. The fraction of sp³-hybridized carbons (Fsp3) is 0.750. The zero-order valence-corrected chi connectivity index (χ0v) is 9.71. The molecule has 0 fully saturated rings. The molecule has 0 radical (unpaired) electrons. The summed E-state index contributed by atoms with van der Waals surface area (Å²) in [6.45, 7) is 2.21. The maximum Gasteiger partial charge on any atom is 0.418 e. The Kier molecular flexibility index (Phi) is 8.22. The summed E-state index contributed by atoms with van der Waals surface area (Å²) >= 11 is 0. The van der Waals surface area contributed by atoms with Crippen LogP contribution in [-0.2, 0) is 19.5 Å². The van der Waals surface area contributed by atoms with Crippen molar-refractivity contribution in [2.24, 2.45) is 16.9 Å². The fourth-order valence-corrected chi connectivity index (χ4v) is 0.528. The number of halogens is 4. The van der Waals surface area contributed by atoms with E-state index in [9.17, 15) is 27.4 Å². The smallest absolute Gasteiger partial charge is 0.329 e. The SMILES string of the molecule is CC(C)(C(=O)OF)C(F)(F)C(=O)OF.NCCN. The number of hydrogen-bond acceptors (Lipinski definition) is 6. The molecule has 0 bridgehead atoms. The molecule has 10 heteroatoms. The lowest BCUT2D eigenvalue weighted by Gasteiger charge is -2.26. The Labute approximate surface area is 100.0 Å². The second-order valence-electron chi connectivity index (χ2n) is 3.51. The molecule has 0 aliphatic carbocycles. The van der Waals surface area contributed by atoms with E-state index in [0.717, 1.165) is 0 Å². The van der Waals surface area contributed by atoms with Gasteiger partial charge in [-0.15, -0.1) is 0 Å². The number of alkyl halides is 2. The van der Waals surface area contributed by atoms with Gasteiger partial charge in [0.1, 0.15) is 5.41 Å². The van der Waals surface area contributed by atoms with Gasteiger partial charge in [-0.05, 0) is 13.8 Å². The normalized spacial score (nSPS) is 11.1. The van der Waals surface area contributed by atoms with E-state index in [1.165, 1.54) is 0 Å². The molecular formula is C8H14F4N2O4. The summed E-state index contributed by atoms with van der Waals surface area (Å²) in [5.41, 5.74) is 6.95. The molecule has 0 saturated heterocycles. The quantitative estimate of drug-likeness (QED) is 0.721. The lowest BCUT2D eigenvalue weighted by Crippen LogP contribution is -2.49. The van der Waals surface area contributed by atoms with Gasteiger partial charge in [0.15, 0.2) is 0 Å². The molecule has 0 amide bonds. The van der Waals surface area contributed by atoms with Crippen LogP contribution in [0.4, 0.5) is 17.8 Å². The van der Waals surface area contributed by atoms with Crippen LogP contribution in [0.25, 0.3) is 0 Å². The van der Waals surface area contributed by atoms with Crippen LogP contribution < -0.4 is 11.5 Å². The Balaban J connectivity index is 0. The Morgan fingerprint density at radius 1 is 1.00 bits per heavy atom. The van der Waals surface area contributed by atoms with Crippen LogP contribution in [0.5, 0.6) is 0 Å². The van der Waals surface area contributed by atoms with E-state index in [0.29, 0.717) is 26.9 Å². The van der Waals surface area contributed by atoms with Gasteiger partial charge in [-0.25, -0.2) is 14.5 Å². The lowest BCUT2D eigenvalue weighted by atomic mass is 9.86. The zero-order chi connectivity index (χ0) is 15.0. The third-order valence-electron chi connectivity index (χ3n) is 1.86. The van der Waals surface area contributed by atoms with E-state index in [-0.39, 0.29) is 0 Å². The Hall–Kier alpha value is -1.42. The summed E-state index contributed by atoms with van der Waals surface area (Å²) in [7, 11) is 0.